The maximum absolute atomic E-state index is 13.1. The van der Waals surface area contributed by atoms with Gasteiger partial charge >= 0.3 is 0 Å². The molecule has 0 fully saturated rings. The van der Waals surface area contributed by atoms with Gasteiger partial charge in [-0.05, 0) is 76.4 Å². The molecule has 0 saturated carbocycles. The van der Waals surface area contributed by atoms with Gasteiger partial charge in [0.2, 0.25) is 0 Å². The number of amidine groups is 1. The number of halogens is 4. The fraction of sp³-hybridized carbons (Fsp3) is 0.0690. The number of nitrogens with zero attached hydrogens (tertiary/aromatic N) is 1. The van der Waals surface area contributed by atoms with Crippen molar-refractivity contribution in [3.8, 4) is 0 Å². The highest BCUT2D eigenvalue weighted by Crippen LogP contribution is 2.38. The van der Waals surface area contributed by atoms with Crippen molar-refractivity contribution in [1.29, 1.82) is 0 Å². The van der Waals surface area contributed by atoms with Crippen molar-refractivity contribution in [2.24, 2.45) is 10.7 Å². The highest BCUT2D eigenvalue weighted by molar-refractivity contribution is 9.10. The van der Waals surface area contributed by atoms with Crippen molar-refractivity contribution in [3.63, 3.8) is 0 Å². The average Bonchev–Trinajstić information content (AvgIpc) is 3.28. The number of aliphatic imine (C=N–C) groups is 1. The first-order chi connectivity index (χ1) is 17.3. The van der Waals surface area contributed by atoms with Crippen molar-refractivity contribution in [2.45, 2.75) is 5.54 Å². The van der Waals surface area contributed by atoms with Gasteiger partial charge in [-0.2, -0.15) is 0 Å². The fourth-order valence-electron chi connectivity index (χ4n) is 3.86. The van der Waals surface area contributed by atoms with Crippen LogP contribution in [0.15, 0.2) is 118 Å². The number of ether oxygens (including phenoxy) is 1. The molecule has 1 aliphatic rings. The second-order valence-corrected chi connectivity index (χ2v) is 9.94. The van der Waals surface area contributed by atoms with Gasteiger partial charge in [-0.25, -0.2) is 13.8 Å². The van der Waals surface area contributed by atoms with E-state index in [1.807, 2.05) is 48.5 Å². The van der Waals surface area contributed by atoms with E-state index < -0.39 is 5.54 Å². The third-order valence-corrected chi connectivity index (χ3v) is 6.71. The highest BCUT2D eigenvalue weighted by Gasteiger charge is 2.40. The van der Waals surface area contributed by atoms with Gasteiger partial charge in [0.1, 0.15) is 18.2 Å². The van der Waals surface area contributed by atoms with E-state index in [9.17, 15) is 8.78 Å². The summed E-state index contributed by atoms with van der Waals surface area (Å²) in [6.07, 6.45) is 0. The zero-order valence-corrected chi connectivity index (χ0v) is 22.3. The van der Waals surface area contributed by atoms with Crippen LogP contribution in [0.3, 0.4) is 0 Å². The molecular weight excluding hydrogens is 590 g/mol. The normalized spacial score (nSPS) is 16.4. The van der Waals surface area contributed by atoms with Crippen LogP contribution in [0, 0.1) is 11.6 Å². The minimum Gasteiger partial charge on any atom is -0.462 e. The lowest BCUT2D eigenvalue weighted by atomic mass is 9.84. The van der Waals surface area contributed by atoms with Crippen LogP contribution in [0.25, 0.3) is 5.57 Å². The molecule has 1 atom stereocenters. The van der Waals surface area contributed by atoms with E-state index in [2.05, 4.69) is 43.4 Å². The van der Waals surface area contributed by atoms with Crippen LogP contribution in [0.4, 0.5) is 8.78 Å². The Labute approximate surface area is 225 Å². The smallest absolute Gasteiger partial charge is 0.283 e. The Kier molecular flexibility index (Phi) is 8.01. The van der Waals surface area contributed by atoms with Gasteiger partial charge in [0.05, 0.1) is 0 Å². The Bertz CT molecular complexity index is 1410. The zero-order valence-electron chi connectivity index (χ0n) is 19.1. The van der Waals surface area contributed by atoms with Crippen molar-refractivity contribution in [1.82, 2.24) is 0 Å². The SMILES string of the molecule is C=C(c1ccc(F)cc1)c1cccc(Br)c1.NC1=NC(c2ccc(F)cc2)(c2cccc(Br)c2)CO1. The zero-order chi connectivity index (χ0) is 25.7. The van der Waals surface area contributed by atoms with E-state index in [4.69, 9.17) is 10.5 Å². The van der Waals surface area contributed by atoms with Crippen LogP contribution in [0.2, 0.25) is 0 Å². The van der Waals surface area contributed by atoms with E-state index >= 15 is 0 Å². The molecule has 1 unspecified atom stereocenters. The lowest BCUT2D eigenvalue weighted by molar-refractivity contribution is 0.278. The molecule has 0 radical (unpaired) electrons. The van der Waals surface area contributed by atoms with Gasteiger partial charge in [-0.3, -0.25) is 0 Å². The quantitative estimate of drug-likeness (QED) is 0.256. The summed E-state index contributed by atoms with van der Waals surface area (Å²) in [6.45, 7) is 4.33. The van der Waals surface area contributed by atoms with Crippen molar-refractivity contribution >= 4 is 43.5 Å². The lowest BCUT2D eigenvalue weighted by Crippen LogP contribution is -2.27. The first-order valence-electron chi connectivity index (χ1n) is 11.0. The molecule has 0 aliphatic carbocycles. The summed E-state index contributed by atoms with van der Waals surface area (Å²) < 4.78 is 33.2. The van der Waals surface area contributed by atoms with Gasteiger partial charge < -0.3 is 10.5 Å². The molecule has 182 valence electrons. The second-order valence-electron chi connectivity index (χ2n) is 8.11. The molecule has 5 rings (SSSR count). The number of rotatable bonds is 4. The molecule has 0 aromatic heterocycles. The van der Waals surface area contributed by atoms with E-state index in [0.29, 0.717) is 6.61 Å². The Balaban J connectivity index is 0.000000174. The number of hydrogen-bond donors (Lipinski definition) is 1. The molecule has 1 heterocycles. The largest absolute Gasteiger partial charge is 0.462 e. The van der Waals surface area contributed by atoms with Gasteiger partial charge in [-0.1, -0.05) is 87.0 Å². The third kappa shape index (κ3) is 5.91. The standard InChI is InChI=1S/C15H12BrFN2O.C14H10BrF/c16-12-3-1-2-11(8-12)15(9-20-14(18)19-15)10-4-6-13(17)7-5-10;1-10(11-5-7-14(16)8-6-11)12-3-2-4-13(15)9-12/h1-8H,9H2,(H2,18,19);2-9H,1H2. The van der Waals surface area contributed by atoms with Crippen LogP contribution in [0.1, 0.15) is 22.3 Å². The Morgan fingerprint density at radius 2 is 1.36 bits per heavy atom. The summed E-state index contributed by atoms with van der Waals surface area (Å²) in [5.41, 5.74) is 9.61. The maximum Gasteiger partial charge on any atom is 0.283 e. The Morgan fingerprint density at radius 1 is 0.778 bits per heavy atom. The molecule has 0 bridgehead atoms. The maximum atomic E-state index is 13.1. The fourth-order valence-corrected chi connectivity index (χ4v) is 4.66. The third-order valence-electron chi connectivity index (χ3n) is 5.72. The topological polar surface area (TPSA) is 47.6 Å². The van der Waals surface area contributed by atoms with Gasteiger partial charge in [0.25, 0.3) is 6.02 Å². The summed E-state index contributed by atoms with van der Waals surface area (Å²) in [6, 6.07) is 28.4. The van der Waals surface area contributed by atoms with Crippen LogP contribution in [-0.4, -0.2) is 12.6 Å². The number of benzene rings is 4. The molecule has 0 spiro atoms. The summed E-state index contributed by atoms with van der Waals surface area (Å²) in [4.78, 5) is 4.46. The average molecular weight is 612 g/mol. The summed E-state index contributed by atoms with van der Waals surface area (Å²) in [5, 5.41) is 0. The van der Waals surface area contributed by atoms with Crippen LogP contribution < -0.4 is 5.73 Å². The summed E-state index contributed by atoms with van der Waals surface area (Å²) >= 11 is 6.87. The summed E-state index contributed by atoms with van der Waals surface area (Å²) in [5.74, 6) is -0.514. The van der Waals surface area contributed by atoms with Crippen molar-refractivity contribution < 1.29 is 13.5 Å². The van der Waals surface area contributed by atoms with Gasteiger partial charge in [0.15, 0.2) is 5.54 Å². The molecule has 4 aromatic carbocycles. The minimum atomic E-state index is -0.721. The molecule has 1 aliphatic heterocycles. The molecule has 4 aromatic rings. The predicted octanol–water partition coefficient (Wildman–Crippen LogP) is 7.83. The van der Waals surface area contributed by atoms with E-state index in [1.54, 1.807) is 24.3 Å². The van der Waals surface area contributed by atoms with E-state index in [-0.39, 0.29) is 17.7 Å². The van der Waals surface area contributed by atoms with Crippen molar-refractivity contribution in [3.05, 3.63) is 146 Å². The van der Waals surface area contributed by atoms with Crippen molar-refractivity contribution in [2.75, 3.05) is 6.61 Å². The number of nitrogens with two attached hydrogens (primary N) is 1. The molecule has 36 heavy (non-hydrogen) atoms. The van der Waals surface area contributed by atoms with Crippen LogP contribution >= 0.6 is 31.9 Å². The Morgan fingerprint density at radius 3 is 1.92 bits per heavy atom. The minimum absolute atomic E-state index is 0.148. The predicted molar refractivity (Wildman–Crippen MR) is 148 cm³/mol. The van der Waals surface area contributed by atoms with Crippen LogP contribution in [0.5, 0.6) is 0 Å². The molecule has 0 amide bonds. The van der Waals surface area contributed by atoms with E-state index in [1.165, 1.54) is 24.3 Å². The van der Waals surface area contributed by atoms with Gasteiger partial charge in [-0.15, -0.1) is 0 Å². The van der Waals surface area contributed by atoms with Crippen LogP contribution in [-0.2, 0) is 10.3 Å². The first-order valence-corrected chi connectivity index (χ1v) is 12.6. The molecular formula is C29H22Br2F2N2O. The molecule has 2 N–H and O–H groups in total. The molecule has 0 saturated heterocycles. The summed E-state index contributed by atoms with van der Waals surface area (Å²) in [7, 11) is 0. The molecule has 3 nitrogen and oxygen atoms in total. The second kappa shape index (κ2) is 11.2. The first kappa shape index (κ1) is 25.8. The molecule has 7 heteroatoms. The number of hydrogen-bond acceptors (Lipinski definition) is 3. The monoisotopic (exact) mass is 610 g/mol. The van der Waals surface area contributed by atoms with E-state index in [0.717, 1.165) is 36.8 Å². The highest BCUT2D eigenvalue weighted by atomic mass is 79.9. The lowest BCUT2D eigenvalue weighted by Gasteiger charge is -2.25. The van der Waals surface area contributed by atoms with Gasteiger partial charge in [0, 0.05) is 8.95 Å². The Hall–Kier alpha value is -3.29.